The molecule has 2 aliphatic rings. The molecule has 7 nitrogen and oxygen atoms in total. The second-order valence-corrected chi connectivity index (χ2v) is 7.16. The van der Waals surface area contributed by atoms with Crippen LogP contribution in [0.15, 0.2) is 0 Å². The number of nitrogens with zero attached hydrogens (tertiary/aromatic N) is 4. The van der Waals surface area contributed by atoms with Crippen LogP contribution < -0.4 is 0 Å². The third-order valence-corrected chi connectivity index (χ3v) is 5.35. The number of carbonyl (C=O) groups excluding carboxylic acids is 2. The van der Waals surface area contributed by atoms with Crippen LogP contribution in [0.1, 0.15) is 50.7 Å². The third-order valence-electron chi connectivity index (χ3n) is 5.35. The summed E-state index contributed by atoms with van der Waals surface area (Å²) in [6.07, 6.45) is 4.69. The van der Waals surface area contributed by atoms with Crippen molar-refractivity contribution in [2.75, 3.05) is 26.2 Å². The highest BCUT2D eigenvalue weighted by molar-refractivity contribution is 5.78. The number of piperidine rings is 2. The van der Waals surface area contributed by atoms with E-state index < -0.39 is 0 Å². The molecule has 3 heterocycles. The van der Waals surface area contributed by atoms with Gasteiger partial charge in [-0.25, -0.2) is 4.98 Å². The van der Waals surface area contributed by atoms with Crippen LogP contribution in [0, 0.1) is 12.3 Å². The lowest BCUT2D eigenvalue weighted by atomic mass is 9.73. The maximum atomic E-state index is 12.6. The molecule has 2 amide bonds. The summed E-state index contributed by atoms with van der Waals surface area (Å²) in [7, 11) is 0. The molecule has 7 heteroatoms. The number of hydrogen-bond donors (Lipinski definition) is 1. The summed E-state index contributed by atoms with van der Waals surface area (Å²) < 4.78 is 0. The minimum Gasteiger partial charge on any atom is -0.342 e. The fourth-order valence-corrected chi connectivity index (χ4v) is 4.02. The number of aromatic amines is 1. The van der Waals surface area contributed by atoms with E-state index in [9.17, 15) is 9.59 Å². The Hall–Kier alpha value is -1.92. The van der Waals surface area contributed by atoms with Crippen molar-refractivity contribution in [2.24, 2.45) is 5.41 Å². The van der Waals surface area contributed by atoms with Gasteiger partial charge in [0.15, 0.2) is 5.82 Å². The van der Waals surface area contributed by atoms with Gasteiger partial charge in [-0.15, -0.1) is 0 Å². The number of H-pyrrole nitrogens is 1. The largest absolute Gasteiger partial charge is 0.342 e. The average molecular weight is 333 g/mol. The monoisotopic (exact) mass is 333 g/mol. The van der Waals surface area contributed by atoms with Crippen molar-refractivity contribution in [2.45, 2.75) is 52.4 Å². The number of nitrogens with one attached hydrogen (secondary N) is 1. The molecule has 2 fully saturated rings. The minimum atomic E-state index is 0.0962. The van der Waals surface area contributed by atoms with E-state index in [4.69, 9.17) is 0 Å². The zero-order valence-electron chi connectivity index (χ0n) is 14.7. The van der Waals surface area contributed by atoms with Gasteiger partial charge >= 0.3 is 0 Å². The molecule has 1 atom stereocenters. The number of amides is 2. The van der Waals surface area contributed by atoms with Gasteiger partial charge in [0.05, 0.1) is 0 Å². The van der Waals surface area contributed by atoms with Crippen molar-refractivity contribution >= 4 is 11.8 Å². The van der Waals surface area contributed by atoms with Crippen LogP contribution in [-0.2, 0) is 16.0 Å². The summed E-state index contributed by atoms with van der Waals surface area (Å²) in [5.74, 6) is 1.91. The van der Waals surface area contributed by atoms with Gasteiger partial charge in [-0.2, -0.15) is 5.10 Å². The Morgan fingerprint density at radius 2 is 2.17 bits per heavy atom. The fourth-order valence-electron chi connectivity index (χ4n) is 4.02. The van der Waals surface area contributed by atoms with Crippen LogP contribution in [0.3, 0.4) is 0 Å². The summed E-state index contributed by atoms with van der Waals surface area (Å²) in [6, 6.07) is 0. The van der Waals surface area contributed by atoms with Gasteiger partial charge in [0.1, 0.15) is 5.82 Å². The Balaban J connectivity index is 1.58. The SMILES string of the molecule is CCN1C[C@@]2(CCCN(C(=O)CCc3n[nH]c(C)n3)C2)CCC1=O. The maximum absolute atomic E-state index is 12.6. The number of rotatable bonds is 4. The second kappa shape index (κ2) is 6.91. The van der Waals surface area contributed by atoms with Crippen LogP contribution in [0.5, 0.6) is 0 Å². The maximum Gasteiger partial charge on any atom is 0.223 e. The Kier molecular flexibility index (Phi) is 4.87. The van der Waals surface area contributed by atoms with Gasteiger partial charge in [-0.1, -0.05) is 0 Å². The van der Waals surface area contributed by atoms with Gasteiger partial charge in [0.2, 0.25) is 11.8 Å². The highest BCUT2D eigenvalue weighted by Crippen LogP contribution is 2.38. The average Bonchev–Trinajstić information content (AvgIpc) is 3.01. The van der Waals surface area contributed by atoms with E-state index in [1.54, 1.807) is 0 Å². The Morgan fingerprint density at radius 3 is 2.88 bits per heavy atom. The quantitative estimate of drug-likeness (QED) is 0.900. The Bertz CT molecular complexity index is 614. The van der Waals surface area contributed by atoms with E-state index in [1.807, 2.05) is 23.6 Å². The molecule has 0 unspecified atom stereocenters. The molecule has 24 heavy (non-hydrogen) atoms. The van der Waals surface area contributed by atoms with Crippen LogP contribution in [0.2, 0.25) is 0 Å². The molecule has 3 rings (SSSR count). The van der Waals surface area contributed by atoms with E-state index in [0.717, 1.165) is 51.3 Å². The molecular formula is C17H27N5O2. The Labute approximate surface area is 142 Å². The molecule has 1 spiro atoms. The predicted octanol–water partition coefficient (Wildman–Crippen LogP) is 1.30. The molecule has 1 aromatic heterocycles. The standard InChI is InChI=1S/C17H27N5O2/c1-3-21-11-17(9-7-16(21)24)8-4-10-22(12-17)15(23)6-5-14-18-13(2)19-20-14/h3-12H2,1-2H3,(H,18,19,20)/t17-/m1/s1. The van der Waals surface area contributed by atoms with Crippen LogP contribution in [-0.4, -0.2) is 63.0 Å². The topological polar surface area (TPSA) is 82.2 Å². The first-order chi connectivity index (χ1) is 11.5. The molecule has 0 bridgehead atoms. The number of carbonyl (C=O) groups is 2. The zero-order chi connectivity index (χ0) is 17.2. The molecule has 0 radical (unpaired) electrons. The highest BCUT2D eigenvalue weighted by atomic mass is 16.2. The van der Waals surface area contributed by atoms with E-state index in [0.29, 0.717) is 25.1 Å². The van der Waals surface area contributed by atoms with Crippen molar-refractivity contribution in [3.63, 3.8) is 0 Å². The molecule has 1 aromatic rings. The highest BCUT2D eigenvalue weighted by Gasteiger charge is 2.42. The summed E-state index contributed by atoms with van der Waals surface area (Å²) in [4.78, 5) is 32.8. The van der Waals surface area contributed by atoms with Gasteiger partial charge < -0.3 is 9.80 Å². The number of likely N-dealkylation sites (tertiary alicyclic amines) is 2. The van der Waals surface area contributed by atoms with Gasteiger partial charge in [-0.05, 0) is 33.1 Å². The predicted molar refractivity (Wildman–Crippen MR) is 89.2 cm³/mol. The van der Waals surface area contributed by atoms with Gasteiger partial charge in [0, 0.05) is 50.9 Å². The van der Waals surface area contributed by atoms with Crippen molar-refractivity contribution in [1.82, 2.24) is 25.0 Å². The lowest BCUT2D eigenvalue weighted by Gasteiger charge is -2.48. The number of hydrogen-bond acceptors (Lipinski definition) is 4. The molecule has 0 aromatic carbocycles. The third kappa shape index (κ3) is 3.60. The molecule has 1 N–H and O–H groups in total. The normalized spacial score (nSPS) is 24.7. The van der Waals surface area contributed by atoms with E-state index in [1.165, 1.54) is 0 Å². The van der Waals surface area contributed by atoms with Gasteiger partial charge in [-0.3, -0.25) is 14.7 Å². The first kappa shape index (κ1) is 16.9. The molecule has 2 aliphatic heterocycles. The first-order valence-corrected chi connectivity index (χ1v) is 8.95. The number of aryl methyl sites for hydroxylation is 2. The lowest BCUT2D eigenvalue weighted by molar-refractivity contribution is -0.142. The van der Waals surface area contributed by atoms with E-state index in [2.05, 4.69) is 15.2 Å². The van der Waals surface area contributed by atoms with E-state index in [-0.39, 0.29) is 17.2 Å². The fraction of sp³-hybridized carbons (Fsp3) is 0.765. The van der Waals surface area contributed by atoms with Crippen LogP contribution in [0.25, 0.3) is 0 Å². The molecule has 0 aliphatic carbocycles. The van der Waals surface area contributed by atoms with E-state index >= 15 is 0 Å². The second-order valence-electron chi connectivity index (χ2n) is 7.16. The summed E-state index contributed by atoms with van der Waals surface area (Å²) >= 11 is 0. The van der Waals surface area contributed by atoms with Crippen molar-refractivity contribution in [3.8, 4) is 0 Å². The molecule has 0 saturated carbocycles. The van der Waals surface area contributed by atoms with Crippen molar-refractivity contribution in [1.29, 1.82) is 0 Å². The van der Waals surface area contributed by atoms with Gasteiger partial charge in [0.25, 0.3) is 0 Å². The molecular weight excluding hydrogens is 306 g/mol. The lowest BCUT2D eigenvalue weighted by Crippen LogP contribution is -2.55. The summed E-state index contributed by atoms with van der Waals surface area (Å²) in [6.45, 7) is 7.05. The summed E-state index contributed by atoms with van der Waals surface area (Å²) in [5, 5.41) is 6.90. The number of aromatic nitrogens is 3. The first-order valence-electron chi connectivity index (χ1n) is 8.95. The minimum absolute atomic E-state index is 0.0962. The van der Waals surface area contributed by atoms with Crippen molar-refractivity contribution < 1.29 is 9.59 Å². The van der Waals surface area contributed by atoms with Crippen LogP contribution >= 0.6 is 0 Å². The van der Waals surface area contributed by atoms with Crippen LogP contribution in [0.4, 0.5) is 0 Å². The zero-order valence-corrected chi connectivity index (χ0v) is 14.7. The summed E-state index contributed by atoms with van der Waals surface area (Å²) in [5.41, 5.74) is 0.0962. The van der Waals surface area contributed by atoms with Crippen molar-refractivity contribution in [3.05, 3.63) is 11.6 Å². The smallest absolute Gasteiger partial charge is 0.223 e. The molecule has 2 saturated heterocycles. The molecule has 132 valence electrons. The Morgan fingerprint density at radius 1 is 1.33 bits per heavy atom.